The number of hydrogen-bond donors (Lipinski definition) is 1. The normalized spacial score (nSPS) is 16.4. The Hall–Kier alpha value is -1.23. The van der Waals surface area contributed by atoms with Gasteiger partial charge in [-0.3, -0.25) is 4.68 Å². The predicted octanol–water partition coefficient (Wildman–Crippen LogP) is 3.80. The Morgan fingerprint density at radius 2 is 2.14 bits per heavy atom. The lowest BCUT2D eigenvalue weighted by Gasteiger charge is -2.31. The van der Waals surface area contributed by atoms with E-state index in [-0.39, 0.29) is 6.04 Å². The number of rotatable bonds is 4. The van der Waals surface area contributed by atoms with Gasteiger partial charge in [-0.25, -0.2) is 0 Å². The summed E-state index contributed by atoms with van der Waals surface area (Å²) in [6.45, 7) is 5.84. The van der Waals surface area contributed by atoms with Gasteiger partial charge in [-0.1, -0.05) is 23.2 Å². The Morgan fingerprint density at radius 3 is 2.64 bits per heavy atom. The van der Waals surface area contributed by atoms with Crippen LogP contribution in [0.1, 0.15) is 35.7 Å². The van der Waals surface area contributed by atoms with Crippen molar-refractivity contribution in [3.05, 3.63) is 45.2 Å². The number of halogens is 2. The summed E-state index contributed by atoms with van der Waals surface area (Å²) >= 11 is 12.8. The Morgan fingerprint density at radius 1 is 1.41 bits per heavy atom. The zero-order valence-corrected chi connectivity index (χ0v) is 14.4. The molecule has 0 radical (unpaired) electrons. The van der Waals surface area contributed by atoms with Crippen molar-refractivity contribution in [1.82, 2.24) is 15.1 Å². The summed E-state index contributed by atoms with van der Waals surface area (Å²) in [4.78, 5) is 0. The van der Waals surface area contributed by atoms with Crippen LogP contribution < -0.4 is 10.1 Å². The van der Waals surface area contributed by atoms with Crippen LogP contribution in [0.5, 0.6) is 5.75 Å². The van der Waals surface area contributed by atoms with Crippen LogP contribution in [0.15, 0.2) is 18.3 Å². The van der Waals surface area contributed by atoms with E-state index in [1.165, 1.54) is 0 Å². The van der Waals surface area contributed by atoms with Crippen LogP contribution in [0, 0.1) is 6.92 Å². The van der Waals surface area contributed by atoms with E-state index in [1.807, 2.05) is 29.9 Å². The minimum atomic E-state index is 0.0187. The van der Waals surface area contributed by atoms with Crippen molar-refractivity contribution in [3.8, 4) is 5.75 Å². The molecule has 22 heavy (non-hydrogen) atoms. The van der Waals surface area contributed by atoms with Gasteiger partial charge in [0.2, 0.25) is 0 Å². The number of benzene rings is 1. The largest absolute Gasteiger partial charge is 0.496 e. The molecule has 1 fully saturated rings. The van der Waals surface area contributed by atoms with Gasteiger partial charge >= 0.3 is 0 Å². The Bertz CT molecular complexity index is 695. The van der Waals surface area contributed by atoms with Gasteiger partial charge in [-0.2, -0.15) is 5.10 Å². The monoisotopic (exact) mass is 339 g/mol. The van der Waals surface area contributed by atoms with Crippen LogP contribution in [0.4, 0.5) is 0 Å². The van der Waals surface area contributed by atoms with Gasteiger partial charge in [0.15, 0.2) is 0 Å². The Kier molecular flexibility index (Phi) is 4.35. The first-order chi connectivity index (χ1) is 10.5. The fourth-order valence-corrected chi connectivity index (χ4v) is 3.35. The zero-order chi connectivity index (χ0) is 15.9. The van der Waals surface area contributed by atoms with Crippen molar-refractivity contribution in [2.45, 2.75) is 25.8 Å². The van der Waals surface area contributed by atoms with Crippen LogP contribution in [-0.4, -0.2) is 30.0 Å². The number of nitrogens with one attached hydrogen (secondary N) is 1. The predicted molar refractivity (Wildman–Crippen MR) is 89.4 cm³/mol. The average Bonchev–Trinajstić information content (AvgIpc) is 2.87. The third-order valence-electron chi connectivity index (χ3n) is 4.22. The molecule has 1 unspecified atom stereocenters. The minimum Gasteiger partial charge on any atom is -0.496 e. The number of methoxy groups -OCH3 is 1. The smallest absolute Gasteiger partial charge is 0.129 e. The summed E-state index contributed by atoms with van der Waals surface area (Å²) in [5.74, 6) is 1.16. The lowest BCUT2D eigenvalue weighted by Crippen LogP contribution is -2.40. The highest BCUT2D eigenvalue weighted by Crippen LogP contribution is 2.44. The second kappa shape index (κ2) is 6.11. The number of hydrogen-bond acceptors (Lipinski definition) is 3. The van der Waals surface area contributed by atoms with Crippen molar-refractivity contribution in [2.24, 2.45) is 0 Å². The summed E-state index contributed by atoms with van der Waals surface area (Å²) in [5, 5.41) is 8.92. The third-order valence-corrected chi connectivity index (χ3v) is 5.02. The molecular weight excluding hydrogens is 321 g/mol. The highest BCUT2D eigenvalue weighted by Gasteiger charge is 2.30. The van der Waals surface area contributed by atoms with E-state index < -0.39 is 0 Å². The van der Waals surface area contributed by atoms with E-state index >= 15 is 0 Å². The topological polar surface area (TPSA) is 39.1 Å². The van der Waals surface area contributed by atoms with E-state index in [0.717, 1.165) is 35.7 Å². The lowest BCUT2D eigenvalue weighted by atomic mass is 9.89. The lowest BCUT2D eigenvalue weighted by molar-refractivity contribution is 0.375. The number of aryl methyl sites for hydroxylation is 1. The van der Waals surface area contributed by atoms with Gasteiger partial charge in [0.1, 0.15) is 5.75 Å². The zero-order valence-electron chi connectivity index (χ0n) is 12.9. The fourth-order valence-electron chi connectivity index (χ4n) is 2.84. The average molecular weight is 340 g/mol. The molecule has 1 aliphatic rings. The second-order valence-electron chi connectivity index (χ2n) is 5.68. The van der Waals surface area contributed by atoms with Crippen molar-refractivity contribution in [1.29, 1.82) is 0 Å². The van der Waals surface area contributed by atoms with Gasteiger partial charge in [0.25, 0.3) is 0 Å². The summed E-state index contributed by atoms with van der Waals surface area (Å²) < 4.78 is 7.62. The Balaban J connectivity index is 2.12. The fraction of sp³-hybridized carbons (Fsp3) is 0.438. The van der Waals surface area contributed by atoms with Crippen molar-refractivity contribution < 1.29 is 4.74 Å². The maximum atomic E-state index is 6.45. The molecule has 2 aromatic rings. The number of ether oxygens (including phenoxy) is 1. The molecule has 6 heteroatoms. The Labute approximate surface area is 140 Å². The van der Waals surface area contributed by atoms with Crippen LogP contribution in [-0.2, 0) is 0 Å². The number of aromatic nitrogens is 2. The minimum absolute atomic E-state index is 0.0187. The second-order valence-corrected chi connectivity index (χ2v) is 6.46. The molecule has 3 rings (SSSR count). The molecule has 118 valence electrons. The van der Waals surface area contributed by atoms with Gasteiger partial charge in [-0.05, 0) is 26.0 Å². The molecule has 1 saturated heterocycles. The molecule has 1 atom stereocenters. The van der Waals surface area contributed by atoms with Gasteiger partial charge in [-0.15, -0.1) is 0 Å². The van der Waals surface area contributed by atoms with Crippen LogP contribution in [0.2, 0.25) is 10.0 Å². The van der Waals surface area contributed by atoms with Gasteiger partial charge < -0.3 is 10.1 Å². The highest BCUT2D eigenvalue weighted by atomic mass is 35.5. The molecule has 1 aromatic heterocycles. The molecule has 0 saturated carbocycles. The molecule has 0 bridgehead atoms. The van der Waals surface area contributed by atoms with Crippen LogP contribution in [0.3, 0.4) is 0 Å². The first-order valence-electron chi connectivity index (χ1n) is 7.31. The maximum Gasteiger partial charge on any atom is 0.129 e. The molecule has 1 aliphatic heterocycles. The van der Waals surface area contributed by atoms with Gasteiger partial charge in [0.05, 0.1) is 28.9 Å². The molecule has 0 spiro atoms. The maximum absolute atomic E-state index is 6.45. The SMILES string of the molecule is COc1c(C(C)n2ccc(C)n2)cc(Cl)c(Cl)c1C1CNC1. The molecular formula is C16H19Cl2N3O. The molecule has 2 heterocycles. The molecule has 4 nitrogen and oxygen atoms in total. The summed E-state index contributed by atoms with van der Waals surface area (Å²) in [6, 6.07) is 3.89. The van der Waals surface area contributed by atoms with Crippen molar-refractivity contribution in [3.63, 3.8) is 0 Å². The summed E-state index contributed by atoms with van der Waals surface area (Å²) in [5.41, 5.74) is 2.98. The van der Waals surface area contributed by atoms with Crippen molar-refractivity contribution in [2.75, 3.05) is 20.2 Å². The van der Waals surface area contributed by atoms with Gasteiger partial charge in [0, 0.05) is 36.3 Å². The first kappa shape index (κ1) is 15.7. The quantitative estimate of drug-likeness (QED) is 0.920. The van der Waals surface area contributed by atoms with E-state index in [4.69, 9.17) is 27.9 Å². The van der Waals surface area contributed by atoms with Crippen LogP contribution in [0.25, 0.3) is 0 Å². The van der Waals surface area contributed by atoms with Crippen molar-refractivity contribution >= 4 is 23.2 Å². The molecule has 1 N–H and O–H groups in total. The summed E-state index contributed by atoms with van der Waals surface area (Å²) in [6.07, 6.45) is 1.96. The van der Waals surface area contributed by atoms with E-state index in [1.54, 1.807) is 7.11 Å². The van der Waals surface area contributed by atoms with E-state index in [2.05, 4.69) is 17.3 Å². The summed E-state index contributed by atoms with van der Waals surface area (Å²) in [7, 11) is 1.68. The molecule has 0 aliphatic carbocycles. The third kappa shape index (κ3) is 2.60. The standard InChI is InChI=1S/C16H19Cl2N3O/c1-9-4-5-21(20-9)10(2)12-6-13(17)15(18)14(16(12)22-3)11-7-19-8-11/h4-6,10-11,19H,7-8H2,1-3H3. The number of nitrogens with zero attached hydrogens (tertiary/aromatic N) is 2. The molecule has 0 amide bonds. The molecule has 1 aromatic carbocycles. The van der Waals surface area contributed by atoms with E-state index in [0.29, 0.717) is 16.0 Å². The first-order valence-corrected chi connectivity index (χ1v) is 8.06. The van der Waals surface area contributed by atoms with Crippen LogP contribution >= 0.6 is 23.2 Å². The highest BCUT2D eigenvalue weighted by molar-refractivity contribution is 6.42. The van der Waals surface area contributed by atoms with E-state index in [9.17, 15) is 0 Å².